The fourth-order valence-corrected chi connectivity index (χ4v) is 13.3. The molecule has 0 aromatic heterocycles. The number of aliphatic hydroxyl groups excluding tert-OH is 1. The highest BCUT2D eigenvalue weighted by molar-refractivity contribution is 8.00. The number of nitrogens with one attached hydrogen (secondary N) is 4. The van der Waals surface area contributed by atoms with Crippen LogP contribution in [0.25, 0.3) is 0 Å². The van der Waals surface area contributed by atoms with E-state index in [0.29, 0.717) is 18.6 Å². The lowest BCUT2D eigenvalue weighted by molar-refractivity contribution is -0.157. The number of amides is 11. The van der Waals surface area contributed by atoms with Gasteiger partial charge in [-0.3, -0.25) is 52.7 Å². The summed E-state index contributed by atoms with van der Waals surface area (Å²) in [4.78, 5) is 175. The van der Waals surface area contributed by atoms with Crippen molar-refractivity contribution in [3.05, 3.63) is 12.2 Å². The van der Waals surface area contributed by atoms with Crippen LogP contribution in [0, 0.1) is 35.5 Å². The first kappa shape index (κ1) is 85.2. The van der Waals surface area contributed by atoms with Crippen molar-refractivity contribution in [2.45, 2.75) is 247 Å². The predicted molar refractivity (Wildman–Crippen MR) is 372 cm³/mol. The van der Waals surface area contributed by atoms with Gasteiger partial charge >= 0.3 is 0 Å². The van der Waals surface area contributed by atoms with Crippen LogP contribution >= 0.6 is 11.8 Å². The first-order chi connectivity index (χ1) is 44.2. The second kappa shape index (κ2) is 40.1. The topological polar surface area (TPSA) is 291 Å². The third kappa shape index (κ3) is 24.6. The fourth-order valence-electron chi connectivity index (χ4n) is 12.1. The first-order valence-corrected chi connectivity index (χ1v) is 35.6. The zero-order valence-electron chi connectivity index (χ0n) is 62.1. The van der Waals surface area contributed by atoms with Gasteiger partial charge in [0.25, 0.3) is 5.91 Å². The maximum Gasteiger partial charge on any atom is 0.256 e. The second-order valence-corrected chi connectivity index (χ2v) is 29.9. The largest absolute Gasteiger partial charge is 0.390 e. The summed E-state index contributed by atoms with van der Waals surface area (Å²) in [6, 6.07) is -12.9. The van der Waals surface area contributed by atoms with Crippen LogP contribution in [-0.2, 0) is 57.5 Å². The normalized spacial score (nSPS) is 27.2. The molecule has 5 N–H and O–H groups in total. The average molecular weight is 1360 g/mol. The van der Waals surface area contributed by atoms with Crippen molar-refractivity contribution in [2.75, 3.05) is 81.3 Å². The number of nitrogens with zero attached hydrogens (tertiary/aromatic N) is 8. The Morgan fingerprint density at radius 3 is 1.48 bits per heavy atom. The van der Waals surface area contributed by atoms with Crippen LogP contribution in [0.5, 0.6) is 0 Å². The summed E-state index contributed by atoms with van der Waals surface area (Å²) in [5.41, 5.74) is 0. The molecule has 0 saturated carbocycles. The number of aliphatic hydroxyl groups is 1. The summed E-state index contributed by atoms with van der Waals surface area (Å²) >= 11 is 1.19. The van der Waals surface area contributed by atoms with Gasteiger partial charge in [-0.15, -0.1) is 11.8 Å². The molecule has 0 aromatic carbocycles. The van der Waals surface area contributed by atoms with Crippen LogP contribution in [0.2, 0.25) is 0 Å². The summed E-state index contributed by atoms with van der Waals surface area (Å²) in [7, 11) is 10.0. The van der Waals surface area contributed by atoms with Gasteiger partial charge in [-0.2, -0.15) is 0 Å². The molecule has 2 heterocycles. The Balaban J connectivity index is 3.10. The maximum absolute atomic E-state index is 15.4. The summed E-state index contributed by atoms with van der Waals surface area (Å²) in [5.74, 6) is -9.51. The zero-order chi connectivity index (χ0) is 72.8. The van der Waals surface area contributed by atoms with E-state index in [1.54, 1.807) is 61.5 Å². The molecule has 0 spiro atoms. The Bertz CT molecular complexity index is 2580. The standard InChI is InChI=1S/C69H124N12O13S/c1-25-27-31-46(15)57(82)56-61(86)72-49(26-2)63(88)80(24)69(95-35-30-34-81-32-28-29-33-81)68(93)77(21)53(39-94-45(13)14)60(85)73-54(43(9)10)66(91)74(18)50(36-40(3)4)59(84)70-47(16)58(83)71-48(17)62(87)75(19)51(37-41(5)6)64(89)76(20)52(38-42(7)8)65(90)78(22)55(44(11)12)67(92)79(56)23/h25,27,40-57,69,82H,26,28-39H2,1-24H3,(H,70,84)(H,71,83)(H,72,86)(H,73,85)/b27-25+/t46-,47+,48-,49+,50+,51+,52+,53+,54+,55+,56+,57-,69-/m1/s1. The number of hydrogen-bond acceptors (Lipinski definition) is 15. The van der Waals surface area contributed by atoms with Crippen molar-refractivity contribution in [3.8, 4) is 0 Å². The number of carbonyl (C=O) groups is 11. The lowest BCUT2D eigenvalue weighted by Crippen LogP contribution is -2.64. The van der Waals surface area contributed by atoms with Gasteiger partial charge in [0.1, 0.15) is 60.4 Å². The molecule has 0 aliphatic carbocycles. The van der Waals surface area contributed by atoms with Gasteiger partial charge in [0.05, 0.1) is 18.8 Å². The summed E-state index contributed by atoms with van der Waals surface area (Å²) in [5, 5.41) is 22.2. The smallest absolute Gasteiger partial charge is 0.256 e. The fraction of sp³-hybridized carbons (Fsp3) is 0.812. The van der Waals surface area contributed by atoms with Crippen LogP contribution in [0.1, 0.15) is 169 Å². The molecule has 0 aromatic rings. The Hall–Kier alpha value is -5.86. The van der Waals surface area contributed by atoms with E-state index in [2.05, 4.69) is 26.2 Å². The van der Waals surface area contributed by atoms with Gasteiger partial charge in [-0.1, -0.05) is 95.2 Å². The van der Waals surface area contributed by atoms with Crippen molar-refractivity contribution >= 4 is 76.7 Å². The van der Waals surface area contributed by atoms with E-state index >= 15 is 28.8 Å². The molecule has 95 heavy (non-hydrogen) atoms. The molecule has 25 nitrogen and oxygen atoms in total. The highest BCUT2D eigenvalue weighted by atomic mass is 32.2. The summed E-state index contributed by atoms with van der Waals surface area (Å²) in [6.45, 7) is 32.0. The highest BCUT2D eigenvalue weighted by Gasteiger charge is 2.46. The van der Waals surface area contributed by atoms with Crippen molar-refractivity contribution in [3.63, 3.8) is 0 Å². The molecule has 0 radical (unpaired) electrons. The minimum absolute atomic E-state index is 0.00369. The number of carbonyl (C=O) groups excluding carboxylic acids is 11. The number of thioether (sulfide) groups is 1. The van der Waals surface area contributed by atoms with Gasteiger partial charge < -0.3 is 70.3 Å². The Morgan fingerprint density at radius 2 is 0.989 bits per heavy atom. The number of ether oxygens (including phenoxy) is 1. The number of hydrogen-bond donors (Lipinski definition) is 5. The van der Waals surface area contributed by atoms with E-state index in [1.807, 2.05) is 54.5 Å². The van der Waals surface area contributed by atoms with Gasteiger partial charge in [0.2, 0.25) is 59.1 Å². The van der Waals surface area contributed by atoms with Crippen LogP contribution in [0.4, 0.5) is 0 Å². The summed E-state index contributed by atoms with van der Waals surface area (Å²) in [6.07, 6.45) is 5.18. The van der Waals surface area contributed by atoms with Crippen LogP contribution in [0.3, 0.4) is 0 Å². The predicted octanol–water partition coefficient (Wildman–Crippen LogP) is 4.19. The van der Waals surface area contributed by atoms with Crippen LogP contribution in [-0.4, -0.2) is 269 Å². The molecule has 2 saturated heterocycles. The molecule has 0 bridgehead atoms. The minimum Gasteiger partial charge on any atom is -0.390 e. The van der Waals surface area contributed by atoms with Gasteiger partial charge in [0.15, 0.2) is 5.37 Å². The molecule has 0 unspecified atom stereocenters. The van der Waals surface area contributed by atoms with Gasteiger partial charge in [0, 0.05) is 49.3 Å². The molecule has 2 fully saturated rings. The average Bonchev–Trinajstić information content (AvgIpc) is 0.946. The molecular formula is C69H124N12O13S. The summed E-state index contributed by atoms with van der Waals surface area (Å²) < 4.78 is 6.05. The number of allylic oxidation sites excluding steroid dienone is 2. The van der Waals surface area contributed by atoms with Crippen molar-refractivity contribution in [1.29, 1.82) is 0 Å². The number of rotatable bonds is 21. The molecule has 13 atom stereocenters. The Labute approximate surface area is 573 Å². The Morgan fingerprint density at radius 1 is 0.516 bits per heavy atom. The van der Waals surface area contributed by atoms with Gasteiger partial charge in [-0.25, -0.2) is 0 Å². The Kier molecular flexibility index (Phi) is 36.0. The van der Waals surface area contributed by atoms with Crippen molar-refractivity contribution < 1.29 is 62.6 Å². The van der Waals surface area contributed by atoms with E-state index in [1.165, 1.54) is 104 Å². The van der Waals surface area contributed by atoms with E-state index in [-0.39, 0.29) is 50.0 Å². The van der Waals surface area contributed by atoms with Gasteiger partial charge in [-0.05, 0) is 147 Å². The zero-order valence-corrected chi connectivity index (χ0v) is 63.0. The molecule has 26 heteroatoms. The number of likely N-dealkylation sites (tertiary alicyclic amines) is 1. The second-order valence-electron chi connectivity index (χ2n) is 28.7. The molecule has 544 valence electrons. The minimum atomic E-state index is -1.64. The molecule has 2 aliphatic rings. The lowest BCUT2D eigenvalue weighted by Gasteiger charge is -2.41. The molecule has 2 rings (SSSR count). The highest BCUT2D eigenvalue weighted by Crippen LogP contribution is 2.27. The van der Waals surface area contributed by atoms with E-state index in [4.69, 9.17) is 4.74 Å². The molecule has 2 aliphatic heterocycles. The van der Waals surface area contributed by atoms with E-state index in [9.17, 15) is 29.1 Å². The third-order valence-electron chi connectivity index (χ3n) is 18.2. The van der Waals surface area contributed by atoms with E-state index < -0.39 is 161 Å². The van der Waals surface area contributed by atoms with E-state index in [0.717, 1.165) is 37.4 Å². The van der Waals surface area contributed by atoms with Crippen molar-refractivity contribution in [2.24, 2.45) is 35.5 Å². The number of likely N-dealkylation sites (N-methyl/N-ethyl adjacent to an activating group) is 7. The quantitative estimate of drug-likeness (QED) is 0.0796. The molecule has 11 amide bonds. The first-order valence-electron chi connectivity index (χ1n) is 34.5. The lowest BCUT2D eigenvalue weighted by atomic mass is 9.91. The maximum atomic E-state index is 15.4. The monoisotopic (exact) mass is 1360 g/mol. The SMILES string of the molecule is C/C=C/C[C@@H](C)[C@@H](O)[C@H]1C(=O)N[C@@H](CC)C(=O)N(C)[C@H](SCCCN2CCCC2)C(=O)N(C)[C@@H](COC(C)C)C(=O)N[C@@H](C(C)C)C(=O)N(C)[C@@H](CC(C)C)C(=O)N[C@@H](C)C(=O)N[C@H](C)C(=O)N(C)[C@@H](CC(C)C)C(=O)N(C)[C@@H](CC(C)C)C(=O)N(C)[C@@H](C(C)C)C(=O)N1C. The molecular weight excluding hydrogens is 1240 g/mol. The van der Waals surface area contributed by atoms with Crippen LogP contribution in [0.15, 0.2) is 12.2 Å². The third-order valence-corrected chi connectivity index (χ3v) is 19.5. The van der Waals surface area contributed by atoms with Crippen molar-refractivity contribution in [1.82, 2.24) is 60.5 Å². The van der Waals surface area contributed by atoms with Crippen LogP contribution < -0.4 is 21.3 Å².